The van der Waals surface area contributed by atoms with Gasteiger partial charge in [0.15, 0.2) is 0 Å². The first-order valence-corrected chi connectivity index (χ1v) is 6.99. The second kappa shape index (κ2) is 7.78. The maximum Gasteiger partial charge on any atom is 0.127 e. The van der Waals surface area contributed by atoms with Gasteiger partial charge in [-0.15, -0.1) is 0 Å². The quantitative estimate of drug-likeness (QED) is 0.840. The SMILES string of the molecule is NCCN(CCc1ccccc1)Cc1ccccc1F. The van der Waals surface area contributed by atoms with Crippen LogP contribution >= 0.6 is 0 Å². The van der Waals surface area contributed by atoms with E-state index in [0.29, 0.717) is 13.1 Å². The third-order valence-corrected chi connectivity index (χ3v) is 3.36. The molecule has 0 bridgehead atoms. The van der Waals surface area contributed by atoms with E-state index in [9.17, 15) is 4.39 Å². The number of hydrogen-bond acceptors (Lipinski definition) is 2. The zero-order valence-corrected chi connectivity index (χ0v) is 11.6. The molecule has 3 heteroatoms. The molecule has 2 aromatic carbocycles. The van der Waals surface area contributed by atoms with E-state index < -0.39 is 0 Å². The van der Waals surface area contributed by atoms with Crippen molar-refractivity contribution in [2.24, 2.45) is 5.73 Å². The summed E-state index contributed by atoms with van der Waals surface area (Å²) in [5, 5.41) is 0. The molecule has 0 spiro atoms. The van der Waals surface area contributed by atoms with Crippen LogP contribution in [0.25, 0.3) is 0 Å². The van der Waals surface area contributed by atoms with Crippen LogP contribution in [0.1, 0.15) is 11.1 Å². The minimum atomic E-state index is -0.144. The number of nitrogens with two attached hydrogens (primary N) is 1. The normalized spacial score (nSPS) is 10.9. The zero-order valence-electron chi connectivity index (χ0n) is 11.6. The number of benzene rings is 2. The van der Waals surface area contributed by atoms with E-state index in [1.807, 2.05) is 30.3 Å². The van der Waals surface area contributed by atoms with E-state index in [0.717, 1.165) is 25.1 Å². The summed E-state index contributed by atoms with van der Waals surface area (Å²) >= 11 is 0. The molecule has 2 aromatic rings. The molecule has 2 rings (SSSR count). The molecule has 0 fully saturated rings. The maximum atomic E-state index is 13.7. The van der Waals surface area contributed by atoms with Crippen LogP contribution in [0, 0.1) is 5.82 Å². The van der Waals surface area contributed by atoms with Crippen LogP contribution in [0.4, 0.5) is 4.39 Å². The summed E-state index contributed by atoms with van der Waals surface area (Å²) in [6.45, 7) is 2.86. The van der Waals surface area contributed by atoms with Crippen molar-refractivity contribution in [1.82, 2.24) is 4.90 Å². The molecule has 0 radical (unpaired) electrons. The van der Waals surface area contributed by atoms with Crippen molar-refractivity contribution in [2.75, 3.05) is 19.6 Å². The Hall–Kier alpha value is -1.71. The Morgan fingerprint density at radius 1 is 0.900 bits per heavy atom. The third-order valence-electron chi connectivity index (χ3n) is 3.36. The van der Waals surface area contributed by atoms with Gasteiger partial charge in [-0.05, 0) is 18.1 Å². The van der Waals surface area contributed by atoms with Crippen molar-refractivity contribution in [3.8, 4) is 0 Å². The fourth-order valence-corrected chi connectivity index (χ4v) is 2.25. The molecule has 0 aromatic heterocycles. The van der Waals surface area contributed by atoms with Crippen LogP contribution in [0.5, 0.6) is 0 Å². The van der Waals surface area contributed by atoms with E-state index in [4.69, 9.17) is 5.73 Å². The van der Waals surface area contributed by atoms with Gasteiger partial charge in [0.2, 0.25) is 0 Å². The van der Waals surface area contributed by atoms with E-state index in [1.54, 1.807) is 6.07 Å². The van der Waals surface area contributed by atoms with Crippen LogP contribution in [-0.2, 0) is 13.0 Å². The monoisotopic (exact) mass is 272 g/mol. The molecule has 0 atom stereocenters. The first-order chi connectivity index (χ1) is 9.79. The number of rotatable bonds is 7. The van der Waals surface area contributed by atoms with Crippen LogP contribution in [0.3, 0.4) is 0 Å². The van der Waals surface area contributed by atoms with E-state index >= 15 is 0 Å². The standard InChI is InChI=1S/C17H21FN2/c18-17-9-5-4-8-16(17)14-20(13-11-19)12-10-15-6-2-1-3-7-15/h1-9H,10-14,19H2. The highest BCUT2D eigenvalue weighted by atomic mass is 19.1. The van der Waals surface area contributed by atoms with Gasteiger partial charge in [-0.1, -0.05) is 48.5 Å². The highest BCUT2D eigenvalue weighted by Gasteiger charge is 2.08. The summed E-state index contributed by atoms with van der Waals surface area (Å²) in [4.78, 5) is 2.20. The molecule has 2 nitrogen and oxygen atoms in total. The summed E-state index contributed by atoms with van der Waals surface area (Å²) in [6.07, 6.45) is 0.954. The number of hydrogen-bond donors (Lipinski definition) is 1. The Morgan fingerprint density at radius 2 is 1.60 bits per heavy atom. The molecule has 0 amide bonds. The van der Waals surface area contributed by atoms with Gasteiger partial charge >= 0.3 is 0 Å². The van der Waals surface area contributed by atoms with Crippen LogP contribution in [-0.4, -0.2) is 24.5 Å². The van der Waals surface area contributed by atoms with Gasteiger partial charge in [0.05, 0.1) is 0 Å². The van der Waals surface area contributed by atoms with Gasteiger partial charge in [-0.25, -0.2) is 4.39 Å². The maximum absolute atomic E-state index is 13.7. The van der Waals surface area contributed by atoms with Crippen molar-refractivity contribution >= 4 is 0 Å². The Morgan fingerprint density at radius 3 is 2.30 bits per heavy atom. The largest absolute Gasteiger partial charge is 0.329 e. The molecule has 0 aliphatic carbocycles. The molecular weight excluding hydrogens is 251 g/mol. The van der Waals surface area contributed by atoms with Gasteiger partial charge in [-0.3, -0.25) is 4.90 Å². The second-order valence-corrected chi connectivity index (χ2v) is 4.89. The topological polar surface area (TPSA) is 29.3 Å². The van der Waals surface area contributed by atoms with Gasteiger partial charge in [0.25, 0.3) is 0 Å². The summed E-state index contributed by atoms with van der Waals surface area (Å²) in [5.74, 6) is -0.144. The van der Waals surface area contributed by atoms with Gasteiger partial charge in [0, 0.05) is 31.7 Å². The highest BCUT2D eigenvalue weighted by Crippen LogP contribution is 2.10. The van der Waals surface area contributed by atoms with Crippen LogP contribution in [0.15, 0.2) is 54.6 Å². The van der Waals surface area contributed by atoms with E-state index in [1.165, 1.54) is 11.6 Å². The fourth-order valence-electron chi connectivity index (χ4n) is 2.25. The highest BCUT2D eigenvalue weighted by molar-refractivity contribution is 5.18. The van der Waals surface area contributed by atoms with Gasteiger partial charge in [0.1, 0.15) is 5.82 Å². The van der Waals surface area contributed by atoms with Gasteiger partial charge < -0.3 is 5.73 Å². The molecule has 2 N–H and O–H groups in total. The van der Waals surface area contributed by atoms with Crippen molar-refractivity contribution in [3.05, 3.63) is 71.5 Å². The molecule has 0 heterocycles. The van der Waals surface area contributed by atoms with Crippen molar-refractivity contribution in [1.29, 1.82) is 0 Å². The second-order valence-electron chi connectivity index (χ2n) is 4.89. The van der Waals surface area contributed by atoms with Crippen molar-refractivity contribution < 1.29 is 4.39 Å². The minimum Gasteiger partial charge on any atom is -0.329 e. The minimum absolute atomic E-state index is 0.144. The molecule has 0 aliphatic heterocycles. The molecule has 0 unspecified atom stereocenters. The lowest BCUT2D eigenvalue weighted by Crippen LogP contribution is -2.31. The Bertz CT molecular complexity index is 513. The molecule has 0 saturated heterocycles. The average Bonchev–Trinajstić information content (AvgIpc) is 2.48. The predicted octanol–water partition coefficient (Wildman–Crippen LogP) is 2.83. The number of nitrogens with zero attached hydrogens (tertiary/aromatic N) is 1. The molecule has 20 heavy (non-hydrogen) atoms. The summed E-state index contributed by atoms with van der Waals surface area (Å²) in [6, 6.07) is 17.3. The smallest absolute Gasteiger partial charge is 0.127 e. The average molecular weight is 272 g/mol. The van der Waals surface area contributed by atoms with E-state index in [-0.39, 0.29) is 5.82 Å². The molecule has 0 saturated carbocycles. The lowest BCUT2D eigenvalue weighted by Gasteiger charge is -2.22. The van der Waals surface area contributed by atoms with Crippen LogP contribution < -0.4 is 5.73 Å². The van der Waals surface area contributed by atoms with Gasteiger partial charge in [-0.2, -0.15) is 0 Å². The lowest BCUT2D eigenvalue weighted by molar-refractivity contribution is 0.272. The lowest BCUT2D eigenvalue weighted by atomic mass is 10.1. The Labute approximate surface area is 120 Å². The number of halogens is 1. The molecular formula is C17H21FN2. The molecule has 106 valence electrons. The predicted molar refractivity (Wildman–Crippen MR) is 80.9 cm³/mol. The van der Waals surface area contributed by atoms with Crippen LogP contribution in [0.2, 0.25) is 0 Å². The summed E-state index contributed by atoms with van der Waals surface area (Å²) in [5.41, 5.74) is 7.68. The first kappa shape index (κ1) is 14.7. The Kier molecular flexibility index (Phi) is 5.71. The summed E-state index contributed by atoms with van der Waals surface area (Å²) < 4.78 is 13.7. The van der Waals surface area contributed by atoms with Crippen molar-refractivity contribution in [2.45, 2.75) is 13.0 Å². The van der Waals surface area contributed by atoms with E-state index in [2.05, 4.69) is 17.0 Å². The fraction of sp³-hybridized carbons (Fsp3) is 0.294. The third kappa shape index (κ3) is 4.44. The summed E-state index contributed by atoms with van der Waals surface area (Å²) in [7, 11) is 0. The first-order valence-electron chi connectivity index (χ1n) is 6.99. The Balaban J connectivity index is 1.95. The zero-order chi connectivity index (χ0) is 14.2. The van der Waals surface area contributed by atoms with Crippen molar-refractivity contribution in [3.63, 3.8) is 0 Å². The molecule has 0 aliphatic rings.